The number of hydrogen-bond donors (Lipinski definition) is 3. The van der Waals surface area contributed by atoms with Crippen molar-refractivity contribution >= 4 is 40.2 Å². The van der Waals surface area contributed by atoms with Gasteiger partial charge in [0.05, 0.1) is 57.2 Å². The first-order valence-corrected chi connectivity index (χ1v) is 25.6. The zero-order valence-electron chi connectivity index (χ0n) is 46.5. The lowest BCUT2D eigenvalue weighted by atomic mass is 9.87. The number of aliphatic hydroxyl groups is 3. The van der Waals surface area contributed by atoms with Gasteiger partial charge in [-0.25, -0.2) is 28.7 Å². The van der Waals surface area contributed by atoms with Crippen molar-refractivity contribution in [3.63, 3.8) is 0 Å². The van der Waals surface area contributed by atoms with Crippen molar-refractivity contribution in [1.82, 2.24) is 29.4 Å². The zero-order chi connectivity index (χ0) is 55.0. The van der Waals surface area contributed by atoms with E-state index in [1.807, 2.05) is 121 Å². The fourth-order valence-electron chi connectivity index (χ4n) is 10.3. The van der Waals surface area contributed by atoms with Crippen LogP contribution < -0.4 is 0 Å². The molecule has 4 aromatic heterocycles. The van der Waals surface area contributed by atoms with Gasteiger partial charge in [0.1, 0.15) is 40.0 Å². The van der Waals surface area contributed by atoms with E-state index < -0.39 is 70.9 Å². The van der Waals surface area contributed by atoms with Crippen molar-refractivity contribution in [2.45, 2.75) is 202 Å². The lowest BCUT2D eigenvalue weighted by Gasteiger charge is -2.22. The molecule has 3 N–H and O–H groups in total. The molecule has 6 aromatic rings. The number of rotatable bonds is 8. The summed E-state index contributed by atoms with van der Waals surface area (Å²) in [6.07, 6.45) is 0.153. The SMILES string of the molecule is Cc1noc(C)c1-c1cc(C(O)C2CC(C)(C)OC2=O)c2nc(C3CC3)n(C(=O)OC(C)(C)C)c2c1.Cc1noc(C)c1-c1cc(C(O)C2CC(C)(C)OC2O)c2nc(C3CC3)n(C(=O)OC(C)(C)C)c2c1.[2H]CC. The van der Waals surface area contributed by atoms with Gasteiger partial charge < -0.3 is 43.3 Å². The van der Waals surface area contributed by atoms with Gasteiger partial charge in [-0.05, 0) is 164 Å². The molecule has 0 spiro atoms. The maximum Gasteiger partial charge on any atom is 0.420 e. The van der Waals surface area contributed by atoms with Gasteiger partial charge in [0.2, 0.25) is 0 Å². The third-order valence-corrected chi connectivity index (χ3v) is 13.7. The number of imidazole rings is 2. The van der Waals surface area contributed by atoms with Gasteiger partial charge in [0.15, 0.2) is 6.29 Å². The number of carbonyl (C=O) groups is 3. The van der Waals surface area contributed by atoms with Crippen LogP contribution in [0, 0.1) is 39.5 Å². The van der Waals surface area contributed by atoms with Crippen LogP contribution in [0.25, 0.3) is 44.3 Å². The molecule has 0 radical (unpaired) electrons. The number of carbonyl (C=O) groups excluding carboxylic acids is 3. The monoisotopic (exact) mass is 1020 g/mol. The highest BCUT2D eigenvalue weighted by molar-refractivity contribution is 5.95. The largest absolute Gasteiger partial charge is 0.459 e. The minimum Gasteiger partial charge on any atom is -0.459 e. The average Bonchev–Trinajstić information content (AvgIpc) is 4.12. The Bertz CT molecular complexity index is 3100. The van der Waals surface area contributed by atoms with Crippen LogP contribution in [0.2, 0.25) is 0 Å². The third-order valence-electron chi connectivity index (χ3n) is 13.7. The molecular formula is C56H74N6O12. The van der Waals surface area contributed by atoms with Crippen molar-refractivity contribution in [2.75, 3.05) is 0 Å². The van der Waals surface area contributed by atoms with Gasteiger partial charge in [0.25, 0.3) is 0 Å². The number of aromatic nitrogens is 6. The van der Waals surface area contributed by atoms with Gasteiger partial charge in [-0.1, -0.05) is 24.1 Å². The molecule has 74 heavy (non-hydrogen) atoms. The van der Waals surface area contributed by atoms with Crippen molar-refractivity contribution in [1.29, 1.82) is 0 Å². The Labute approximate surface area is 433 Å². The van der Waals surface area contributed by atoms with Gasteiger partial charge in [0, 0.05) is 47.8 Å². The maximum atomic E-state index is 13.4. The Morgan fingerprint density at radius 1 is 0.716 bits per heavy atom. The fourth-order valence-corrected chi connectivity index (χ4v) is 10.3. The predicted molar refractivity (Wildman–Crippen MR) is 275 cm³/mol. The van der Waals surface area contributed by atoms with Crippen molar-refractivity contribution < 1.29 is 59.1 Å². The number of aliphatic hydroxyl groups excluding tert-OH is 3. The summed E-state index contributed by atoms with van der Waals surface area (Å²) < 4.78 is 42.8. The molecule has 2 aromatic carbocycles. The molecular weight excluding hydrogens is 949 g/mol. The molecule has 2 aliphatic carbocycles. The van der Waals surface area contributed by atoms with Crippen LogP contribution in [-0.4, -0.2) is 91.6 Å². The highest BCUT2D eigenvalue weighted by Gasteiger charge is 2.47. The number of hydrogen-bond acceptors (Lipinski definition) is 16. The average molecular weight is 1020 g/mol. The normalized spacial score (nSPS) is 21.4. The standard InChI is InChI=1S/C27H35N3O6.C27H33N3O6.C2H6/c2*1-13-20(14(2)36-29-13)16-10-17(22(31)18-12-27(6,7)34-24(18)32)21-19(11-16)30(23(28-21)15-8-9-15)25(33)35-26(3,4)5;1-2/h10-11,15,18,22,24,31-32H,8-9,12H2,1-7H3;10-11,15,18,22,31H,8-9,12H2,1-7H3;1-2H3/i;;1D. The molecule has 5 unspecified atom stereocenters. The van der Waals surface area contributed by atoms with E-state index in [4.69, 9.17) is 39.3 Å². The lowest BCUT2D eigenvalue weighted by Crippen LogP contribution is -2.28. The van der Waals surface area contributed by atoms with Crippen LogP contribution in [0.3, 0.4) is 0 Å². The number of aryl methyl sites for hydroxylation is 4. The Kier molecular flexibility index (Phi) is 14.0. The second-order valence-corrected chi connectivity index (χ2v) is 23.4. The molecule has 2 saturated carbocycles. The summed E-state index contributed by atoms with van der Waals surface area (Å²) in [6.45, 7) is 28.0. The molecule has 4 aliphatic rings. The summed E-state index contributed by atoms with van der Waals surface area (Å²) in [5.74, 6) is 1.01. The maximum absolute atomic E-state index is 13.4. The fraction of sp³-hybridized carbons (Fsp3) is 0.589. The van der Waals surface area contributed by atoms with Crippen LogP contribution in [0.5, 0.6) is 0 Å². The summed E-state index contributed by atoms with van der Waals surface area (Å²) >= 11 is 0. The number of esters is 1. The van der Waals surface area contributed by atoms with Crippen molar-refractivity contribution in [3.8, 4) is 22.3 Å². The van der Waals surface area contributed by atoms with Crippen molar-refractivity contribution in [2.24, 2.45) is 11.8 Å². The number of nitrogens with zero attached hydrogens (tertiary/aromatic N) is 6. The zero-order valence-corrected chi connectivity index (χ0v) is 45.5. The second-order valence-electron chi connectivity index (χ2n) is 23.4. The van der Waals surface area contributed by atoms with Crippen LogP contribution in [-0.2, 0) is 23.7 Å². The van der Waals surface area contributed by atoms with E-state index in [-0.39, 0.29) is 11.8 Å². The highest BCUT2D eigenvalue weighted by Crippen LogP contribution is 2.48. The molecule has 0 amide bonds. The number of fused-ring (bicyclic) bond motifs is 2. The molecule has 2 saturated heterocycles. The summed E-state index contributed by atoms with van der Waals surface area (Å²) in [4.78, 5) is 49.3. The predicted octanol–water partition coefficient (Wildman–Crippen LogP) is 11.5. The molecule has 5 atom stereocenters. The lowest BCUT2D eigenvalue weighted by molar-refractivity contribution is -0.150. The Morgan fingerprint density at radius 3 is 1.46 bits per heavy atom. The molecule has 18 nitrogen and oxygen atoms in total. The minimum atomic E-state index is -1.17. The van der Waals surface area contributed by atoms with Gasteiger partial charge in [-0.2, -0.15) is 0 Å². The van der Waals surface area contributed by atoms with E-state index in [1.165, 1.54) is 4.57 Å². The highest BCUT2D eigenvalue weighted by atomic mass is 16.6. The van der Waals surface area contributed by atoms with Gasteiger partial charge in [-0.3, -0.25) is 4.79 Å². The van der Waals surface area contributed by atoms with E-state index in [1.54, 1.807) is 11.5 Å². The van der Waals surface area contributed by atoms with Crippen LogP contribution in [0.15, 0.2) is 33.3 Å². The van der Waals surface area contributed by atoms with E-state index >= 15 is 0 Å². The molecule has 4 fully saturated rings. The Hall–Kier alpha value is -5.95. The molecule has 400 valence electrons. The number of cyclic esters (lactones) is 1. The quantitative estimate of drug-likeness (QED) is 0.0949. The van der Waals surface area contributed by atoms with E-state index in [0.29, 0.717) is 93.1 Å². The molecule has 6 heterocycles. The first kappa shape index (κ1) is 52.9. The number of benzene rings is 2. The van der Waals surface area contributed by atoms with Crippen LogP contribution >= 0.6 is 0 Å². The summed E-state index contributed by atoms with van der Waals surface area (Å²) in [6, 6.07) is 7.42. The van der Waals surface area contributed by atoms with E-state index in [0.717, 1.165) is 42.4 Å². The topological polar surface area (TPSA) is 237 Å². The smallest absolute Gasteiger partial charge is 0.420 e. The molecule has 0 bridgehead atoms. The number of ether oxygens (including phenoxy) is 4. The first-order chi connectivity index (χ1) is 34.9. The Morgan fingerprint density at radius 2 is 1.14 bits per heavy atom. The summed E-state index contributed by atoms with van der Waals surface area (Å²) in [7, 11) is 0. The van der Waals surface area contributed by atoms with Crippen LogP contribution in [0.4, 0.5) is 9.59 Å². The summed E-state index contributed by atoms with van der Waals surface area (Å²) in [5.41, 5.74) is 4.81. The van der Waals surface area contributed by atoms with E-state index in [2.05, 4.69) is 10.3 Å². The van der Waals surface area contributed by atoms with Crippen LogP contribution in [0.1, 0.15) is 193 Å². The first-order valence-electron chi connectivity index (χ1n) is 26.3. The van der Waals surface area contributed by atoms with Gasteiger partial charge >= 0.3 is 18.2 Å². The Balaban J connectivity index is 0.000000189. The molecule has 10 rings (SSSR count). The minimum absolute atomic E-state index is 0.132. The summed E-state index contributed by atoms with van der Waals surface area (Å²) in [5, 5.41) is 42.0. The van der Waals surface area contributed by atoms with Gasteiger partial charge in [-0.15, -0.1) is 0 Å². The second kappa shape index (κ2) is 19.6. The van der Waals surface area contributed by atoms with Crippen molar-refractivity contribution in [3.05, 3.63) is 69.9 Å². The molecule has 18 heteroatoms. The van der Waals surface area contributed by atoms with E-state index in [9.17, 15) is 29.7 Å². The molecule has 2 aliphatic heterocycles. The third kappa shape index (κ3) is 10.9.